The maximum absolute atomic E-state index is 12.1. The van der Waals surface area contributed by atoms with E-state index in [9.17, 15) is 9.59 Å². The Morgan fingerprint density at radius 2 is 1.68 bits per heavy atom. The molecule has 150 valence electrons. The van der Waals surface area contributed by atoms with Gasteiger partial charge in [0, 0.05) is 0 Å². The van der Waals surface area contributed by atoms with Crippen molar-refractivity contribution in [2.24, 2.45) is 0 Å². The topological polar surface area (TPSA) is 76.7 Å². The fraction of sp³-hybridized carbons (Fsp3) is 0.364. The average molecular weight is 384 g/mol. The summed E-state index contributed by atoms with van der Waals surface area (Å²) in [5, 5.41) is 0. The van der Waals surface area contributed by atoms with Crippen molar-refractivity contribution in [3.63, 3.8) is 0 Å². The zero-order valence-corrected chi connectivity index (χ0v) is 17.0. The van der Waals surface area contributed by atoms with Crippen LogP contribution in [0.5, 0.6) is 11.5 Å². The van der Waals surface area contributed by atoms with Crippen molar-refractivity contribution in [1.29, 1.82) is 0 Å². The fourth-order valence-corrected chi connectivity index (χ4v) is 2.41. The molecule has 2 aromatic carbocycles. The Hall–Kier alpha value is -3.02. The van der Waals surface area contributed by atoms with E-state index in [2.05, 4.69) is 31.6 Å². The molecule has 2 aromatic rings. The molecule has 0 radical (unpaired) electrons. The lowest BCUT2D eigenvalue weighted by atomic mass is 9.87. The van der Waals surface area contributed by atoms with Crippen LogP contribution in [0.2, 0.25) is 0 Å². The molecule has 0 aliphatic rings. The summed E-state index contributed by atoms with van der Waals surface area (Å²) in [7, 11) is 0. The van der Waals surface area contributed by atoms with E-state index in [-0.39, 0.29) is 12.0 Å². The number of benzene rings is 2. The SMILES string of the molecule is Cc1cccc(OCC(=O)NNC(=O)C(C)Oc2ccc(C(C)(C)C)cc2)c1. The summed E-state index contributed by atoms with van der Waals surface area (Å²) in [6.07, 6.45) is -0.765. The summed E-state index contributed by atoms with van der Waals surface area (Å²) >= 11 is 0. The summed E-state index contributed by atoms with van der Waals surface area (Å²) in [5.41, 5.74) is 6.92. The molecule has 0 aliphatic carbocycles. The van der Waals surface area contributed by atoms with E-state index in [4.69, 9.17) is 9.47 Å². The molecule has 2 amide bonds. The molecule has 1 unspecified atom stereocenters. The van der Waals surface area contributed by atoms with Gasteiger partial charge >= 0.3 is 0 Å². The zero-order valence-electron chi connectivity index (χ0n) is 17.0. The molecule has 0 heterocycles. The molecule has 6 nitrogen and oxygen atoms in total. The van der Waals surface area contributed by atoms with Gasteiger partial charge in [0.15, 0.2) is 12.7 Å². The van der Waals surface area contributed by atoms with Crippen LogP contribution in [-0.4, -0.2) is 24.5 Å². The van der Waals surface area contributed by atoms with Crippen molar-refractivity contribution < 1.29 is 19.1 Å². The molecule has 28 heavy (non-hydrogen) atoms. The average Bonchev–Trinajstić information content (AvgIpc) is 2.64. The van der Waals surface area contributed by atoms with Crippen LogP contribution in [0.4, 0.5) is 0 Å². The Labute approximate surface area is 166 Å². The Morgan fingerprint density at radius 3 is 2.29 bits per heavy atom. The Bertz CT molecular complexity index is 810. The van der Waals surface area contributed by atoms with Gasteiger partial charge in [-0.1, -0.05) is 45.0 Å². The van der Waals surface area contributed by atoms with Gasteiger partial charge in [-0.25, -0.2) is 0 Å². The second kappa shape index (κ2) is 9.26. The van der Waals surface area contributed by atoms with Gasteiger partial charge < -0.3 is 9.47 Å². The molecule has 0 bridgehead atoms. The predicted octanol–water partition coefficient (Wildman–Crippen LogP) is 3.29. The lowest BCUT2D eigenvalue weighted by molar-refractivity contribution is -0.133. The van der Waals surface area contributed by atoms with Crippen LogP contribution >= 0.6 is 0 Å². The van der Waals surface area contributed by atoms with Gasteiger partial charge in [-0.3, -0.25) is 20.4 Å². The van der Waals surface area contributed by atoms with Gasteiger partial charge in [0.05, 0.1) is 0 Å². The number of nitrogens with one attached hydrogen (secondary N) is 2. The standard InChI is InChI=1S/C22H28N2O4/c1-15-7-6-8-19(13-15)27-14-20(25)23-24-21(26)16(2)28-18-11-9-17(10-12-18)22(3,4)5/h6-13,16H,14H2,1-5H3,(H,23,25)(H,24,26). The van der Waals surface area contributed by atoms with Gasteiger partial charge in [0.2, 0.25) is 0 Å². The molecule has 0 spiro atoms. The highest BCUT2D eigenvalue weighted by Gasteiger charge is 2.17. The van der Waals surface area contributed by atoms with Gasteiger partial charge in [-0.2, -0.15) is 0 Å². The van der Waals surface area contributed by atoms with E-state index < -0.39 is 17.9 Å². The summed E-state index contributed by atoms with van der Waals surface area (Å²) in [5.74, 6) is 0.266. The van der Waals surface area contributed by atoms with E-state index >= 15 is 0 Å². The smallest absolute Gasteiger partial charge is 0.279 e. The molecular formula is C22H28N2O4. The monoisotopic (exact) mass is 384 g/mol. The van der Waals surface area contributed by atoms with Crippen LogP contribution in [0.25, 0.3) is 0 Å². The second-order valence-electron chi connectivity index (χ2n) is 7.68. The number of hydrazine groups is 1. The number of carbonyl (C=O) groups is 2. The highest BCUT2D eigenvalue weighted by Crippen LogP contribution is 2.24. The van der Waals surface area contributed by atoms with Gasteiger partial charge in [-0.15, -0.1) is 0 Å². The van der Waals surface area contributed by atoms with Crippen LogP contribution in [0.1, 0.15) is 38.8 Å². The molecule has 1 atom stereocenters. The van der Waals surface area contributed by atoms with Crippen LogP contribution in [0, 0.1) is 6.92 Å². The van der Waals surface area contributed by atoms with Crippen LogP contribution < -0.4 is 20.3 Å². The maximum atomic E-state index is 12.1. The fourth-order valence-electron chi connectivity index (χ4n) is 2.41. The molecule has 0 aliphatic heterocycles. The number of hydrogen-bond donors (Lipinski definition) is 2. The Kier molecular flexibility index (Phi) is 7.04. The normalized spacial score (nSPS) is 12.0. The molecule has 6 heteroatoms. The van der Waals surface area contributed by atoms with Crippen molar-refractivity contribution in [3.8, 4) is 11.5 Å². The minimum absolute atomic E-state index is 0.0479. The first-order valence-electron chi connectivity index (χ1n) is 9.20. The van der Waals surface area contributed by atoms with Crippen LogP contribution in [0.3, 0.4) is 0 Å². The van der Waals surface area contributed by atoms with E-state index in [1.54, 1.807) is 13.0 Å². The van der Waals surface area contributed by atoms with Crippen molar-refractivity contribution in [3.05, 3.63) is 59.7 Å². The first kappa shape index (κ1) is 21.3. The summed E-state index contributed by atoms with van der Waals surface area (Å²) in [6.45, 7) is 9.74. The van der Waals surface area contributed by atoms with E-state index in [0.717, 1.165) is 5.56 Å². The van der Waals surface area contributed by atoms with E-state index in [1.165, 1.54) is 5.56 Å². The molecule has 0 fully saturated rings. The second-order valence-corrected chi connectivity index (χ2v) is 7.68. The Balaban J connectivity index is 1.76. The number of ether oxygens (including phenoxy) is 2. The molecule has 0 saturated heterocycles. The third-order valence-electron chi connectivity index (χ3n) is 4.09. The zero-order chi connectivity index (χ0) is 20.7. The third kappa shape index (κ3) is 6.61. The largest absolute Gasteiger partial charge is 0.484 e. The van der Waals surface area contributed by atoms with E-state index in [0.29, 0.717) is 11.5 Å². The third-order valence-corrected chi connectivity index (χ3v) is 4.09. The number of rotatable bonds is 6. The van der Waals surface area contributed by atoms with Crippen molar-refractivity contribution in [1.82, 2.24) is 10.9 Å². The van der Waals surface area contributed by atoms with Gasteiger partial charge in [-0.05, 0) is 54.7 Å². The van der Waals surface area contributed by atoms with E-state index in [1.807, 2.05) is 49.4 Å². The maximum Gasteiger partial charge on any atom is 0.279 e. The lowest BCUT2D eigenvalue weighted by Crippen LogP contribution is -2.48. The quantitative estimate of drug-likeness (QED) is 0.750. The summed E-state index contributed by atoms with van der Waals surface area (Å²) in [4.78, 5) is 23.9. The summed E-state index contributed by atoms with van der Waals surface area (Å²) in [6, 6.07) is 15.0. The van der Waals surface area contributed by atoms with Crippen molar-refractivity contribution in [2.45, 2.75) is 46.1 Å². The Morgan fingerprint density at radius 1 is 1.00 bits per heavy atom. The van der Waals surface area contributed by atoms with Crippen molar-refractivity contribution in [2.75, 3.05) is 6.61 Å². The van der Waals surface area contributed by atoms with Gasteiger partial charge in [0.25, 0.3) is 11.8 Å². The number of aryl methyl sites for hydroxylation is 1. The molecule has 0 saturated carbocycles. The molecule has 2 rings (SSSR count). The minimum Gasteiger partial charge on any atom is -0.484 e. The molecule has 0 aromatic heterocycles. The number of hydrogen-bond acceptors (Lipinski definition) is 4. The number of amides is 2. The van der Waals surface area contributed by atoms with Gasteiger partial charge in [0.1, 0.15) is 11.5 Å². The van der Waals surface area contributed by atoms with Crippen LogP contribution in [-0.2, 0) is 15.0 Å². The molecule has 2 N–H and O–H groups in total. The number of carbonyl (C=O) groups excluding carboxylic acids is 2. The summed E-state index contributed by atoms with van der Waals surface area (Å²) < 4.78 is 11.0. The minimum atomic E-state index is -0.765. The highest BCUT2D eigenvalue weighted by atomic mass is 16.5. The van der Waals surface area contributed by atoms with Crippen molar-refractivity contribution >= 4 is 11.8 Å². The predicted molar refractivity (Wildman–Crippen MR) is 108 cm³/mol. The lowest BCUT2D eigenvalue weighted by Gasteiger charge is -2.20. The first-order valence-corrected chi connectivity index (χ1v) is 9.20. The van der Waals surface area contributed by atoms with Crippen LogP contribution in [0.15, 0.2) is 48.5 Å². The molecular weight excluding hydrogens is 356 g/mol. The highest BCUT2D eigenvalue weighted by molar-refractivity contribution is 5.85. The first-order chi connectivity index (χ1) is 13.1.